The van der Waals surface area contributed by atoms with Gasteiger partial charge in [0.1, 0.15) is 0 Å². The molecule has 1 aromatic carbocycles. The van der Waals surface area contributed by atoms with Crippen LogP contribution in [0.1, 0.15) is 67.9 Å². The van der Waals surface area contributed by atoms with Crippen LogP contribution in [-0.4, -0.2) is 18.9 Å². The molecule has 1 aliphatic rings. The monoisotopic (exact) mass is 333 g/mol. The summed E-state index contributed by atoms with van der Waals surface area (Å²) in [5, 5.41) is 0. The Morgan fingerprint density at radius 3 is 2.25 bits per heavy atom. The second kappa shape index (κ2) is 9.45. The van der Waals surface area contributed by atoms with Crippen LogP contribution >= 0.6 is 0 Å². The van der Waals surface area contributed by atoms with Crippen molar-refractivity contribution in [3.63, 3.8) is 0 Å². The third kappa shape index (κ3) is 5.66. The van der Waals surface area contributed by atoms with Gasteiger partial charge in [-0.25, -0.2) is 0 Å². The summed E-state index contributed by atoms with van der Waals surface area (Å²) in [7, 11) is 1.47. The quantitative estimate of drug-likeness (QED) is 0.508. The van der Waals surface area contributed by atoms with Crippen molar-refractivity contribution in [1.29, 1.82) is 0 Å². The van der Waals surface area contributed by atoms with E-state index in [0.717, 1.165) is 41.9 Å². The third-order valence-electron chi connectivity index (χ3n) is 4.78. The number of methoxy groups -OCH3 is 1. The molecule has 0 heterocycles. The summed E-state index contributed by atoms with van der Waals surface area (Å²) in [6, 6.07) is 3.67. The third-order valence-corrected chi connectivity index (χ3v) is 4.78. The zero-order chi connectivity index (χ0) is 18.3. The first kappa shape index (κ1) is 20.2. The Kier molecular flexibility index (Phi) is 7.96. The van der Waals surface area contributed by atoms with Gasteiger partial charge >= 0.3 is 5.97 Å². The maximum absolute atomic E-state index is 11.3. The lowest BCUT2D eigenvalue weighted by molar-refractivity contribution is -0.146. The molecule has 0 aliphatic heterocycles. The van der Waals surface area contributed by atoms with Crippen molar-refractivity contribution in [2.24, 2.45) is 11.8 Å². The van der Waals surface area contributed by atoms with E-state index in [0.29, 0.717) is 5.69 Å². The second-order valence-corrected chi connectivity index (χ2v) is 6.75. The van der Waals surface area contributed by atoms with Crippen LogP contribution in [0.3, 0.4) is 0 Å². The van der Waals surface area contributed by atoms with Gasteiger partial charge in [0, 0.05) is 11.3 Å². The highest BCUT2D eigenvalue weighted by Crippen LogP contribution is 2.28. The number of nitrogens with two attached hydrogens (primary N) is 1. The summed E-state index contributed by atoms with van der Waals surface area (Å²) in [6.07, 6.45) is 5.28. The van der Waals surface area contributed by atoms with E-state index in [1.165, 1.54) is 20.0 Å². The second-order valence-electron chi connectivity index (χ2n) is 6.75. The molecule has 0 atom stereocenters. The Labute approximate surface area is 145 Å². The van der Waals surface area contributed by atoms with Gasteiger partial charge in [0.05, 0.1) is 13.0 Å². The highest BCUT2D eigenvalue weighted by atomic mass is 16.5. The van der Waals surface area contributed by atoms with Gasteiger partial charge < -0.3 is 10.5 Å². The molecular formula is C20H31NO3. The maximum Gasteiger partial charge on any atom is 0.308 e. The fourth-order valence-corrected chi connectivity index (χ4v) is 3.29. The molecule has 0 saturated heterocycles. The smallest absolute Gasteiger partial charge is 0.308 e. The van der Waals surface area contributed by atoms with Gasteiger partial charge in [-0.15, -0.1) is 0 Å². The number of Topliss-reactive ketones (excluding diaryl/α,β-unsaturated/α-hetero) is 1. The number of ether oxygens (including phenoxy) is 1. The minimum Gasteiger partial charge on any atom is -0.469 e. The van der Waals surface area contributed by atoms with Crippen molar-refractivity contribution >= 4 is 17.4 Å². The molecule has 2 N–H and O–H groups in total. The maximum atomic E-state index is 11.3. The molecule has 4 nitrogen and oxygen atoms in total. The van der Waals surface area contributed by atoms with E-state index < -0.39 is 0 Å². The average molecular weight is 333 g/mol. The summed E-state index contributed by atoms with van der Waals surface area (Å²) in [6.45, 7) is 7.85. The number of esters is 1. The van der Waals surface area contributed by atoms with Crippen LogP contribution < -0.4 is 5.73 Å². The molecule has 0 spiro atoms. The molecule has 134 valence electrons. The van der Waals surface area contributed by atoms with Crippen LogP contribution in [0.25, 0.3) is 0 Å². The lowest BCUT2D eigenvalue weighted by Gasteiger charge is -2.23. The predicted octanol–water partition coefficient (Wildman–Crippen LogP) is 4.33. The van der Waals surface area contributed by atoms with Crippen LogP contribution in [0, 0.1) is 18.8 Å². The minimum atomic E-state index is -0.0168. The van der Waals surface area contributed by atoms with Gasteiger partial charge in [-0.3, -0.25) is 9.59 Å². The van der Waals surface area contributed by atoms with Crippen molar-refractivity contribution in [3.05, 3.63) is 28.8 Å². The van der Waals surface area contributed by atoms with E-state index in [-0.39, 0.29) is 17.7 Å². The first-order valence-corrected chi connectivity index (χ1v) is 8.77. The van der Waals surface area contributed by atoms with Crippen molar-refractivity contribution in [2.45, 2.75) is 59.8 Å². The zero-order valence-corrected chi connectivity index (χ0v) is 15.6. The Hall–Kier alpha value is -1.84. The lowest BCUT2D eigenvalue weighted by atomic mass is 9.83. The number of nitrogen functional groups attached to an aromatic ring is 1. The average Bonchev–Trinajstić information content (AvgIpc) is 2.54. The molecule has 0 unspecified atom stereocenters. The molecule has 1 aromatic rings. The number of ketones is 1. The van der Waals surface area contributed by atoms with E-state index in [2.05, 4.69) is 11.7 Å². The molecule has 1 aliphatic carbocycles. The Morgan fingerprint density at radius 1 is 1.21 bits per heavy atom. The summed E-state index contributed by atoms with van der Waals surface area (Å²) >= 11 is 0. The SMILES string of the molecule is CCc1c(C)cc(N)cc1C(C)=O.COC(=O)C1CCC(C)CC1. The van der Waals surface area contributed by atoms with Crippen LogP contribution in [-0.2, 0) is 16.0 Å². The number of hydrogen-bond acceptors (Lipinski definition) is 4. The van der Waals surface area contributed by atoms with Crippen molar-refractivity contribution in [3.8, 4) is 0 Å². The molecule has 0 bridgehead atoms. The molecule has 1 fully saturated rings. The fourth-order valence-electron chi connectivity index (χ4n) is 3.29. The van der Waals surface area contributed by atoms with Gasteiger partial charge in [0.2, 0.25) is 0 Å². The Balaban J connectivity index is 0.000000243. The number of hydrogen-bond donors (Lipinski definition) is 1. The highest BCUT2D eigenvalue weighted by molar-refractivity contribution is 5.96. The van der Waals surface area contributed by atoms with Gasteiger partial charge in [-0.1, -0.05) is 13.8 Å². The van der Waals surface area contributed by atoms with Crippen molar-refractivity contribution < 1.29 is 14.3 Å². The normalized spacial score (nSPS) is 19.9. The largest absolute Gasteiger partial charge is 0.469 e. The molecule has 2 rings (SSSR count). The van der Waals surface area contributed by atoms with Crippen LogP contribution in [0.5, 0.6) is 0 Å². The first-order valence-electron chi connectivity index (χ1n) is 8.77. The number of carbonyl (C=O) groups is 2. The van der Waals surface area contributed by atoms with Gasteiger partial charge in [-0.2, -0.15) is 0 Å². The lowest BCUT2D eigenvalue weighted by Crippen LogP contribution is -2.21. The molecular weight excluding hydrogens is 302 g/mol. The molecule has 0 aromatic heterocycles. The number of anilines is 1. The zero-order valence-electron chi connectivity index (χ0n) is 15.6. The van der Waals surface area contributed by atoms with Gasteiger partial charge in [-0.05, 0) is 75.1 Å². The molecule has 0 amide bonds. The van der Waals surface area contributed by atoms with Crippen molar-refractivity contribution in [2.75, 3.05) is 12.8 Å². The number of carbonyl (C=O) groups excluding carboxylic acids is 2. The van der Waals surface area contributed by atoms with Crippen LogP contribution in [0.15, 0.2) is 12.1 Å². The molecule has 1 saturated carbocycles. The molecule has 0 radical (unpaired) electrons. The fraction of sp³-hybridized carbons (Fsp3) is 0.600. The molecule has 24 heavy (non-hydrogen) atoms. The van der Waals surface area contributed by atoms with Crippen molar-refractivity contribution in [1.82, 2.24) is 0 Å². The predicted molar refractivity (Wildman–Crippen MR) is 98.1 cm³/mol. The standard InChI is InChI=1S/C11H15NO.C9H16O2/c1-4-10-7(2)5-9(12)6-11(10)8(3)13;1-7-3-5-8(6-4-7)9(10)11-2/h5-6H,4,12H2,1-3H3;7-8H,3-6H2,1-2H3. The topological polar surface area (TPSA) is 69.4 Å². The minimum absolute atomic E-state index is 0.0168. The summed E-state index contributed by atoms with van der Waals surface area (Å²) in [5.74, 6) is 1.07. The highest BCUT2D eigenvalue weighted by Gasteiger charge is 2.24. The van der Waals surface area contributed by atoms with Crippen LogP contribution in [0.2, 0.25) is 0 Å². The van der Waals surface area contributed by atoms with E-state index in [4.69, 9.17) is 5.73 Å². The van der Waals surface area contributed by atoms with Gasteiger partial charge in [0.25, 0.3) is 0 Å². The van der Waals surface area contributed by atoms with E-state index in [1.807, 2.05) is 19.9 Å². The summed E-state index contributed by atoms with van der Waals surface area (Å²) < 4.78 is 4.69. The summed E-state index contributed by atoms with van der Waals surface area (Å²) in [4.78, 5) is 22.3. The molecule has 4 heteroatoms. The first-order chi connectivity index (χ1) is 11.3. The Bertz CT molecular complexity index is 572. The number of rotatable bonds is 3. The van der Waals surface area contributed by atoms with Gasteiger partial charge in [0.15, 0.2) is 5.78 Å². The van der Waals surface area contributed by atoms with E-state index >= 15 is 0 Å². The number of aryl methyl sites for hydroxylation is 1. The van der Waals surface area contributed by atoms with E-state index in [1.54, 1.807) is 13.0 Å². The number of benzene rings is 1. The van der Waals surface area contributed by atoms with Crippen LogP contribution in [0.4, 0.5) is 5.69 Å². The Morgan fingerprint density at radius 2 is 1.79 bits per heavy atom. The summed E-state index contributed by atoms with van der Waals surface area (Å²) in [5.41, 5.74) is 9.32. The van der Waals surface area contributed by atoms with E-state index in [9.17, 15) is 9.59 Å².